The van der Waals surface area contributed by atoms with Crippen LogP contribution in [0, 0.1) is 0 Å². The van der Waals surface area contributed by atoms with Crippen LogP contribution in [0.3, 0.4) is 0 Å². The number of nitrogens with one attached hydrogen (secondary N) is 2. The van der Waals surface area contributed by atoms with E-state index in [2.05, 4.69) is 15.3 Å². The standard InChI is InChI=1S/C12H17N3OS/c16-12-8-4-3-6-13-10(8)14-11(15-12)9-5-1-2-7-17-9/h9H,1-7H2,(H2,13,14,15,16). The van der Waals surface area contributed by atoms with Gasteiger partial charge in [0.05, 0.1) is 10.8 Å². The molecule has 0 amide bonds. The van der Waals surface area contributed by atoms with Crippen LogP contribution in [-0.2, 0) is 6.42 Å². The molecule has 0 radical (unpaired) electrons. The number of H-pyrrole nitrogens is 1. The number of hydrogen-bond donors (Lipinski definition) is 2. The molecule has 92 valence electrons. The van der Waals surface area contributed by atoms with Crippen molar-refractivity contribution in [2.24, 2.45) is 0 Å². The van der Waals surface area contributed by atoms with E-state index in [1.807, 2.05) is 11.8 Å². The summed E-state index contributed by atoms with van der Waals surface area (Å²) in [6.07, 6.45) is 5.53. The maximum atomic E-state index is 12.0. The second-order valence-corrected chi connectivity index (χ2v) is 5.97. The molecule has 3 rings (SSSR count). The molecular formula is C12H17N3OS. The van der Waals surface area contributed by atoms with Crippen LogP contribution in [0.4, 0.5) is 5.82 Å². The Bertz CT molecular complexity index is 465. The lowest BCUT2D eigenvalue weighted by atomic mass is 10.1. The summed E-state index contributed by atoms with van der Waals surface area (Å²) in [5.74, 6) is 2.87. The van der Waals surface area contributed by atoms with Crippen molar-refractivity contribution in [2.75, 3.05) is 17.6 Å². The Balaban J connectivity index is 1.95. The van der Waals surface area contributed by atoms with Gasteiger partial charge in [-0.25, -0.2) is 4.98 Å². The van der Waals surface area contributed by atoms with Crippen molar-refractivity contribution >= 4 is 17.6 Å². The van der Waals surface area contributed by atoms with Gasteiger partial charge in [0, 0.05) is 6.54 Å². The van der Waals surface area contributed by atoms with Crippen LogP contribution in [0.15, 0.2) is 4.79 Å². The Labute approximate surface area is 105 Å². The highest BCUT2D eigenvalue weighted by Gasteiger charge is 2.22. The number of aromatic amines is 1. The summed E-state index contributed by atoms with van der Waals surface area (Å²) < 4.78 is 0. The Morgan fingerprint density at radius 1 is 1.29 bits per heavy atom. The predicted octanol–water partition coefficient (Wildman–Crippen LogP) is 2.09. The summed E-state index contributed by atoms with van der Waals surface area (Å²) in [6.45, 7) is 0.931. The van der Waals surface area contributed by atoms with Crippen LogP contribution >= 0.6 is 11.8 Å². The third kappa shape index (κ3) is 2.20. The molecular weight excluding hydrogens is 234 g/mol. The average molecular weight is 251 g/mol. The van der Waals surface area contributed by atoms with Crippen LogP contribution in [0.25, 0.3) is 0 Å². The van der Waals surface area contributed by atoms with Crippen LogP contribution in [-0.4, -0.2) is 22.3 Å². The van der Waals surface area contributed by atoms with Gasteiger partial charge in [-0.05, 0) is 31.4 Å². The summed E-state index contributed by atoms with van der Waals surface area (Å²) in [7, 11) is 0. The van der Waals surface area contributed by atoms with Crippen molar-refractivity contribution in [1.82, 2.24) is 9.97 Å². The van der Waals surface area contributed by atoms with Gasteiger partial charge < -0.3 is 10.3 Å². The van der Waals surface area contributed by atoms with Gasteiger partial charge in [-0.3, -0.25) is 4.79 Å². The normalized spacial score (nSPS) is 23.9. The summed E-state index contributed by atoms with van der Waals surface area (Å²) >= 11 is 1.92. The molecule has 0 saturated carbocycles. The second kappa shape index (κ2) is 4.72. The largest absolute Gasteiger partial charge is 0.370 e. The number of aromatic nitrogens is 2. The van der Waals surface area contributed by atoms with E-state index < -0.39 is 0 Å². The Hall–Kier alpha value is -0.970. The van der Waals surface area contributed by atoms with Crippen molar-refractivity contribution < 1.29 is 0 Å². The third-order valence-electron chi connectivity index (χ3n) is 3.41. The monoisotopic (exact) mass is 251 g/mol. The van der Waals surface area contributed by atoms with Crippen molar-refractivity contribution in [2.45, 2.75) is 37.4 Å². The first-order valence-corrected chi connectivity index (χ1v) is 7.38. The number of hydrogen-bond acceptors (Lipinski definition) is 4. The first kappa shape index (κ1) is 11.1. The fraction of sp³-hybridized carbons (Fsp3) is 0.667. The molecule has 3 heterocycles. The molecule has 4 nitrogen and oxygen atoms in total. The van der Waals surface area contributed by atoms with Crippen molar-refractivity contribution in [3.05, 3.63) is 21.7 Å². The molecule has 1 atom stereocenters. The fourth-order valence-corrected chi connectivity index (χ4v) is 3.73. The predicted molar refractivity (Wildman–Crippen MR) is 70.7 cm³/mol. The van der Waals surface area contributed by atoms with Crippen molar-refractivity contribution in [3.8, 4) is 0 Å². The molecule has 0 aliphatic carbocycles. The van der Waals surface area contributed by atoms with E-state index in [9.17, 15) is 4.79 Å². The van der Waals surface area contributed by atoms with Gasteiger partial charge in [0.1, 0.15) is 11.6 Å². The molecule has 2 aliphatic rings. The highest BCUT2D eigenvalue weighted by Crippen LogP contribution is 2.36. The van der Waals surface area contributed by atoms with Crippen molar-refractivity contribution in [3.63, 3.8) is 0 Å². The van der Waals surface area contributed by atoms with E-state index in [0.29, 0.717) is 5.25 Å². The third-order valence-corrected chi connectivity index (χ3v) is 4.80. The van der Waals surface area contributed by atoms with Crippen LogP contribution < -0.4 is 10.9 Å². The molecule has 2 aliphatic heterocycles. The molecule has 0 spiro atoms. The Kier molecular flexibility index (Phi) is 3.09. The average Bonchev–Trinajstić information content (AvgIpc) is 2.40. The van der Waals surface area contributed by atoms with E-state index in [-0.39, 0.29) is 5.56 Å². The minimum atomic E-state index is 0.0587. The fourth-order valence-electron chi connectivity index (χ4n) is 2.47. The van der Waals surface area contributed by atoms with Crippen LogP contribution in [0.2, 0.25) is 0 Å². The van der Waals surface area contributed by atoms with Gasteiger partial charge in [0.25, 0.3) is 5.56 Å². The maximum absolute atomic E-state index is 12.0. The molecule has 1 fully saturated rings. The summed E-state index contributed by atoms with van der Waals surface area (Å²) in [5.41, 5.74) is 0.893. The van der Waals surface area contributed by atoms with E-state index in [4.69, 9.17) is 0 Å². The molecule has 2 N–H and O–H groups in total. The Morgan fingerprint density at radius 2 is 2.24 bits per heavy atom. The topological polar surface area (TPSA) is 57.8 Å². The minimum Gasteiger partial charge on any atom is -0.370 e. The van der Waals surface area contributed by atoms with E-state index in [1.54, 1.807) is 0 Å². The molecule has 17 heavy (non-hydrogen) atoms. The molecule has 1 aromatic heterocycles. The number of rotatable bonds is 1. The lowest BCUT2D eigenvalue weighted by Crippen LogP contribution is -2.26. The van der Waals surface area contributed by atoms with E-state index in [0.717, 1.165) is 43.0 Å². The second-order valence-electron chi connectivity index (χ2n) is 4.66. The SMILES string of the molecule is O=c1[nH]c(C2CCCCS2)nc2c1CCCN2. The molecule has 5 heteroatoms. The quantitative estimate of drug-likeness (QED) is 0.802. The van der Waals surface area contributed by atoms with Gasteiger partial charge in [-0.2, -0.15) is 11.8 Å². The van der Waals surface area contributed by atoms with Gasteiger partial charge in [0.2, 0.25) is 0 Å². The zero-order chi connectivity index (χ0) is 11.7. The Morgan fingerprint density at radius 3 is 3.06 bits per heavy atom. The number of fused-ring (bicyclic) bond motifs is 1. The van der Waals surface area contributed by atoms with E-state index in [1.165, 1.54) is 18.6 Å². The van der Waals surface area contributed by atoms with Gasteiger partial charge in [-0.1, -0.05) is 6.42 Å². The smallest absolute Gasteiger partial charge is 0.256 e. The molecule has 0 bridgehead atoms. The summed E-state index contributed by atoms with van der Waals surface area (Å²) in [5, 5.41) is 3.62. The summed E-state index contributed by atoms with van der Waals surface area (Å²) in [6, 6.07) is 0. The first-order chi connectivity index (χ1) is 8.34. The molecule has 1 saturated heterocycles. The lowest BCUT2D eigenvalue weighted by Gasteiger charge is -2.22. The highest BCUT2D eigenvalue weighted by atomic mass is 32.2. The van der Waals surface area contributed by atoms with Gasteiger partial charge >= 0.3 is 0 Å². The van der Waals surface area contributed by atoms with Crippen LogP contribution in [0.5, 0.6) is 0 Å². The number of anilines is 1. The first-order valence-electron chi connectivity index (χ1n) is 6.33. The zero-order valence-electron chi connectivity index (χ0n) is 9.79. The van der Waals surface area contributed by atoms with Gasteiger partial charge in [-0.15, -0.1) is 0 Å². The minimum absolute atomic E-state index is 0.0587. The maximum Gasteiger partial charge on any atom is 0.256 e. The molecule has 1 aromatic rings. The number of thioether (sulfide) groups is 1. The van der Waals surface area contributed by atoms with Crippen molar-refractivity contribution in [1.29, 1.82) is 0 Å². The molecule has 1 unspecified atom stereocenters. The highest BCUT2D eigenvalue weighted by molar-refractivity contribution is 7.99. The number of nitrogens with zero attached hydrogens (tertiary/aromatic N) is 1. The van der Waals surface area contributed by atoms with Gasteiger partial charge in [0.15, 0.2) is 0 Å². The lowest BCUT2D eigenvalue weighted by molar-refractivity contribution is 0.655. The molecule has 0 aromatic carbocycles. The summed E-state index contributed by atoms with van der Waals surface area (Å²) in [4.78, 5) is 19.6. The van der Waals surface area contributed by atoms with Crippen LogP contribution in [0.1, 0.15) is 42.3 Å². The van der Waals surface area contributed by atoms with E-state index >= 15 is 0 Å². The zero-order valence-corrected chi connectivity index (χ0v) is 10.6.